The molecule has 96 valence electrons. The van der Waals surface area contributed by atoms with Crippen molar-refractivity contribution in [1.82, 2.24) is 0 Å². The van der Waals surface area contributed by atoms with Gasteiger partial charge in [-0.25, -0.2) is 13.2 Å². The molecule has 0 fully saturated rings. The van der Waals surface area contributed by atoms with Gasteiger partial charge in [0.2, 0.25) is 15.8 Å². The van der Waals surface area contributed by atoms with E-state index < -0.39 is 22.2 Å². The summed E-state index contributed by atoms with van der Waals surface area (Å²) in [5.74, 6) is -2.66. The molecule has 0 atom stereocenters. The van der Waals surface area contributed by atoms with Gasteiger partial charge in [0.25, 0.3) is 5.78 Å². The van der Waals surface area contributed by atoms with Gasteiger partial charge in [0.15, 0.2) is 4.98 Å². The van der Waals surface area contributed by atoms with E-state index >= 15 is 0 Å². The van der Waals surface area contributed by atoms with Crippen molar-refractivity contribution >= 4 is 27.8 Å². The summed E-state index contributed by atoms with van der Waals surface area (Å²) in [5.41, 5.74) is -0.174. The fraction of sp³-hybridized carbons (Fsp3) is 0. The minimum Gasteiger partial charge on any atom is -0.726 e. The maximum absolute atomic E-state index is 11.0. The van der Waals surface area contributed by atoms with Crippen LogP contribution >= 0.6 is 0 Å². The van der Waals surface area contributed by atoms with Gasteiger partial charge in [-0.15, -0.1) is 0 Å². The Hall–Kier alpha value is -2.35. The molecule has 2 N–H and O–H groups in total. The lowest BCUT2D eigenvalue weighted by molar-refractivity contribution is -0.131. The number of hydrogen-bond donors (Lipinski definition) is 2. The lowest BCUT2D eigenvalue weighted by Gasteiger charge is -1.89. The smallest absolute Gasteiger partial charge is 0.396 e. The second-order valence-electron chi connectivity index (χ2n) is 2.68. The molecule has 0 unspecified atom stereocenters. The molecule has 0 aromatic heterocycles. The minimum absolute atomic E-state index is 0.0464. The summed E-state index contributed by atoms with van der Waals surface area (Å²) in [5, 5.41) is 16.8. The van der Waals surface area contributed by atoms with E-state index in [0.717, 1.165) is 0 Å². The Morgan fingerprint density at radius 2 is 1.72 bits per heavy atom. The molecule has 0 spiro atoms. The number of ketones is 1. The van der Waals surface area contributed by atoms with E-state index in [-0.39, 0.29) is 11.3 Å². The van der Waals surface area contributed by atoms with E-state index in [1.54, 1.807) is 0 Å². The van der Waals surface area contributed by atoms with Gasteiger partial charge in [0, 0.05) is 6.07 Å². The molecule has 0 saturated heterocycles. The van der Waals surface area contributed by atoms with E-state index in [1.165, 1.54) is 24.3 Å². The summed E-state index contributed by atoms with van der Waals surface area (Å²) in [6, 6.07) is 5.65. The van der Waals surface area contributed by atoms with Crippen molar-refractivity contribution in [3.63, 3.8) is 0 Å². The second-order valence-corrected chi connectivity index (χ2v) is 3.53. The van der Waals surface area contributed by atoms with Crippen molar-refractivity contribution in [1.29, 1.82) is 5.39 Å². The van der Waals surface area contributed by atoms with E-state index in [4.69, 9.17) is 28.0 Å². The van der Waals surface area contributed by atoms with Gasteiger partial charge in [-0.05, 0) is 6.07 Å². The van der Waals surface area contributed by atoms with Crippen molar-refractivity contribution in [3.05, 3.63) is 34.8 Å². The molecule has 18 heavy (non-hydrogen) atoms. The van der Waals surface area contributed by atoms with E-state index in [2.05, 4.69) is 4.98 Å². The quantitative estimate of drug-likeness (QED) is 0.258. The molecule has 0 radical (unpaired) electrons. The molecule has 1 rings (SSSR count). The van der Waals surface area contributed by atoms with Crippen molar-refractivity contribution in [3.8, 4) is 0 Å². The first-order chi connectivity index (χ1) is 8.16. The van der Waals surface area contributed by atoms with Gasteiger partial charge in [-0.2, -0.15) is 0 Å². The average molecular weight is 274 g/mol. The van der Waals surface area contributed by atoms with Crippen LogP contribution in [-0.4, -0.2) is 34.4 Å². The van der Waals surface area contributed by atoms with Crippen LogP contribution in [0.5, 0.6) is 0 Å². The molecular formula is C8H6N2O7S. The summed E-state index contributed by atoms with van der Waals surface area (Å²) < 4.78 is 32.8. The Bertz CT molecular complexity index is 594. The number of rotatable bonds is 2. The largest absolute Gasteiger partial charge is 0.726 e. The fourth-order valence-electron chi connectivity index (χ4n) is 0.868. The van der Waals surface area contributed by atoms with Gasteiger partial charge in [0.05, 0.1) is 0 Å². The predicted molar refractivity (Wildman–Crippen MR) is 55.5 cm³/mol. The zero-order valence-electron chi connectivity index (χ0n) is 8.55. The Morgan fingerprint density at radius 1 is 1.28 bits per heavy atom. The zero-order chi connectivity index (χ0) is 14.3. The van der Waals surface area contributed by atoms with Crippen LogP contribution in [0.4, 0.5) is 5.69 Å². The SMILES string of the molecule is N#[N+]c1ccccc1C(=O)C(=O)O.O=S(=O)([O-])O. The molecule has 0 aliphatic carbocycles. The van der Waals surface area contributed by atoms with Crippen molar-refractivity contribution in [2.75, 3.05) is 0 Å². The number of benzene rings is 1. The molecule has 0 saturated carbocycles. The lowest BCUT2D eigenvalue weighted by Crippen LogP contribution is -2.12. The highest BCUT2D eigenvalue weighted by atomic mass is 32.3. The molecule has 0 heterocycles. The highest BCUT2D eigenvalue weighted by Crippen LogP contribution is 2.18. The second kappa shape index (κ2) is 6.40. The van der Waals surface area contributed by atoms with Crippen LogP contribution < -0.4 is 0 Å². The molecule has 1 aromatic carbocycles. The highest BCUT2D eigenvalue weighted by molar-refractivity contribution is 7.79. The Kier molecular flexibility index (Phi) is 5.57. The zero-order valence-corrected chi connectivity index (χ0v) is 9.36. The van der Waals surface area contributed by atoms with Crippen molar-refractivity contribution < 1.29 is 32.2 Å². The minimum atomic E-state index is -4.92. The number of carbonyl (C=O) groups is 2. The standard InChI is InChI=1S/C8H4N2O3.H2O4S/c9-10-6-4-2-1-3-5(6)7(11)8(12)13;1-5(2,3)4/h1-4H;(H2,1,2,3,4). The van der Waals surface area contributed by atoms with Crippen molar-refractivity contribution in [2.45, 2.75) is 0 Å². The topological polar surface area (TPSA) is 160 Å². The molecular weight excluding hydrogens is 268 g/mol. The number of carbonyl (C=O) groups excluding carboxylic acids is 1. The molecule has 1 aromatic rings. The maximum Gasteiger partial charge on any atom is 0.396 e. The Balaban J connectivity index is 0.000000494. The number of Topliss-reactive ketones (excluding diaryl/α,β-unsaturated/α-hetero) is 1. The van der Waals surface area contributed by atoms with Gasteiger partial charge in [-0.1, -0.05) is 12.1 Å². The molecule has 0 aliphatic heterocycles. The number of carboxylic acids is 1. The summed E-state index contributed by atoms with van der Waals surface area (Å²) in [6.45, 7) is 0. The normalized spacial score (nSPS) is 9.61. The first-order valence-electron chi connectivity index (χ1n) is 4.07. The van der Waals surface area contributed by atoms with Gasteiger partial charge < -0.3 is 9.66 Å². The number of hydrogen-bond acceptors (Lipinski definition) is 6. The van der Waals surface area contributed by atoms with E-state index in [9.17, 15) is 9.59 Å². The summed E-state index contributed by atoms with van der Waals surface area (Å²) in [7, 11) is -4.92. The fourth-order valence-corrected chi connectivity index (χ4v) is 0.868. The van der Waals surface area contributed by atoms with Gasteiger partial charge in [0.1, 0.15) is 5.56 Å². The first kappa shape index (κ1) is 15.6. The van der Waals surface area contributed by atoms with Gasteiger partial charge >= 0.3 is 11.7 Å². The van der Waals surface area contributed by atoms with E-state index in [1.807, 2.05) is 0 Å². The van der Waals surface area contributed by atoms with E-state index in [0.29, 0.717) is 0 Å². The molecule has 0 aliphatic rings. The Labute approximate surface area is 101 Å². The third-order valence-electron chi connectivity index (χ3n) is 1.45. The van der Waals surface area contributed by atoms with Crippen LogP contribution in [0.15, 0.2) is 24.3 Å². The van der Waals surface area contributed by atoms with Crippen LogP contribution in [0.2, 0.25) is 0 Å². The number of carboxylic acid groups (broad SMARTS) is 1. The predicted octanol–water partition coefficient (Wildman–Crippen LogP) is 0.443. The lowest BCUT2D eigenvalue weighted by atomic mass is 10.1. The van der Waals surface area contributed by atoms with Gasteiger partial charge in [-0.3, -0.25) is 9.35 Å². The molecule has 9 nitrogen and oxygen atoms in total. The van der Waals surface area contributed by atoms with Crippen molar-refractivity contribution in [2.24, 2.45) is 0 Å². The first-order valence-corrected chi connectivity index (χ1v) is 5.43. The number of nitrogens with zero attached hydrogens (tertiary/aromatic N) is 2. The molecule has 0 bridgehead atoms. The van der Waals surface area contributed by atoms with Crippen LogP contribution in [0.25, 0.3) is 4.98 Å². The summed E-state index contributed by atoms with van der Waals surface area (Å²) in [4.78, 5) is 24.0. The average Bonchev–Trinajstić information content (AvgIpc) is 2.25. The van der Waals surface area contributed by atoms with Crippen LogP contribution in [0, 0.1) is 5.39 Å². The third kappa shape index (κ3) is 6.28. The van der Waals surface area contributed by atoms with Crippen LogP contribution in [0.3, 0.4) is 0 Å². The Morgan fingerprint density at radius 3 is 2.11 bits per heavy atom. The third-order valence-corrected chi connectivity index (χ3v) is 1.45. The monoisotopic (exact) mass is 274 g/mol. The van der Waals surface area contributed by atoms with Crippen LogP contribution in [0.1, 0.15) is 10.4 Å². The molecule has 10 heteroatoms. The maximum atomic E-state index is 11.0. The highest BCUT2D eigenvalue weighted by Gasteiger charge is 2.24. The van der Waals surface area contributed by atoms with Crippen LogP contribution in [-0.2, 0) is 15.2 Å². The number of diazo groups is 1. The summed E-state index contributed by atoms with van der Waals surface area (Å²) >= 11 is 0. The molecule has 0 amide bonds. The summed E-state index contributed by atoms with van der Waals surface area (Å²) in [6.07, 6.45) is 0. The number of aliphatic carboxylic acids is 1.